The highest BCUT2D eigenvalue weighted by Crippen LogP contribution is 2.29. The standard InChI is InChI=1S/C21H22N6O2/c1-4-29-18-8-6-5-7-17(18)16-9-10-19-22-21(25-27(19)12-16)23-20(28)13-26-15(3)11-14(2)24-26/h5-12H,4,13H2,1-3H3,(H,23,25,28). The van der Waals surface area contributed by atoms with Crippen molar-refractivity contribution in [3.63, 3.8) is 0 Å². The van der Waals surface area contributed by atoms with E-state index >= 15 is 0 Å². The van der Waals surface area contributed by atoms with Crippen molar-refractivity contribution in [3.05, 3.63) is 60.0 Å². The number of benzene rings is 1. The van der Waals surface area contributed by atoms with E-state index in [1.165, 1.54) is 0 Å². The van der Waals surface area contributed by atoms with Gasteiger partial charge in [-0.15, -0.1) is 5.10 Å². The summed E-state index contributed by atoms with van der Waals surface area (Å²) in [5.74, 6) is 0.841. The van der Waals surface area contributed by atoms with Crippen molar-refractivity contribution in [3.8, 4) is 16.9 Å². The molecule has 0 aliphatic rings. The topological polar surface area (TPSA) is 86.3 Å². The van der Waals surface area contributed by atoms with Gasteiger partial charge in [-0.3, -0.25) is 14.8 Å². The minimum absolute atomic E-state index is 0.113. The Bertz CT molecular complexity index is 1180. The van der Waals surface area contributed by atoms with Gasteiger partial charge >= 0.3 is 0 Å². The summed E-state index contributed by atoms with van der Waals surface area (Å²) >= 11 is 0. The van der Waals surface area contributed by atoms with Crippen LogP contribution in [0.3, 0.4) is 0 Å². The number of amides is 1. The first-order valence-corrected chi connectivity index (χ1v) is 9.43. The number of hydrogen-bond donors (Lipinski definition) is 1. The molecule has 3 aromatic heterocycles. The monoisotopic (exact) mass is 390 g/mol. The maximum atomic E-state index is 12.3. The highest BCUT2D eigenvalue weighted by molar-refractivity contribution is 5.89. The molecule has 0 radical (unpaired) electrons. The molecule has 3 heterocycles. The predicted octanol–water partition coefficient (Wildman–Crippen LogP) is 3.25. The Morgan fingerprint density at radius 2 is 1.97 bits per heavy atom. The molecule has 0 spiro atoms. The van der Waals surface area contributed by atoms with Crippen LogP contribution in [0.1, 0.15) is 18.3 Å². The minimum Gasteiger partial charge on any atom is -0.493 e. The first-order chi connectivity index (χ1) is 14.0. The summed E-state index contributed by atoms with van der Waals surface area (Å²) in [4.78, 5) is 16.7. The van der Waals surface area contributed by atoms with Gasteiger partial charge in [0.15, 0.2) is 5.65 Å². The van der Waals surface area contributed by atoms with Crippen LogP contribution in [-0.4, -0.2) is 36.9 Å². The Morgan fingerprint density at radius 1 is 1.14 bits per heavy atom. The molecule has 0 saturated carbocycles. The molecule has 0 aliphatic carbocycles. The van der Waals surface area contributed by atoms with E-state index in [-0.39, 0.29) is 18.4 Å². The molecule has 0 unspecified atom stereocenters. The van der Waals surface area contributed by atoms with Crippen molar-refractivity contribution in [2.24, 2.45) is 0 Å². The predicted molar refractivity (Wildman–Crippen MR) is 110 cm³/mol. The summed E-state index contributed by atoms with van der Waals surface area (Å²) < 4.78 is 9.02. The fourth-order valence-electron chi connectivity index (χ4n) is 3.22. The van der Waals surface area contributed by atoms with Crippen LogP contribution in [0.25, 0.3) is 16.8 Å². The summed E-state index contributed by atoms with van der Waals surface area (Å²) in [6.07, 6.45) is 1.87. The molecule has 0 fully saturated rings. The Morgan fingerprint density at radius 3 is 2.72 bits per heavy atom. The molecule has 4 rings (SSSR count). The number of nitrogens with one attached hydrogen (secondary N) is 1. The number of rotatable bonds is 6. The molecule has 8 heteroatoms. The van der Waals surface area contributed by atoms with Crippen LogP contribution in [0.2, 0.25) is 0 Å². The zero-order chi connectivity index (χ0) is 20.4. The van der Waals surface area contributed by atoms with E-state index in [9.17, 15) is 4.79 Å². The van der Waals surface area contributed by atoms with Crippen LogP contribution in [0, 0.1) is 13.8 Å². The lowest BCUT2D eigenvalue weighted by atomic mass is 10.1. The van der Waals surface area contributed by atoms with Crippen LogP contribution >= 0.6 is 0 Å². The number of anilines is 1. The second-order valence-corrected chi connectivity index (χ2v) is 6.72. The van der Waals surface area contributed by atoms with Crippen molar-refractivity contribution in [2.75, 3.05) is 11.9 Å². The third-order valence-corrected chi connectivity index (χ3v) is 4.48. The number of ether oxygens (including phenoxy) is 1. The molecular weight excluding hydrogens is 368 g/mol. The smallest absolute Gasteiger partial charge is 0.249 e. The van der Waals surface area contributed by atoms with Crippen molar-refractivity contribution in [2.45, 2.75) is 27.3 Å². The van der Waals surface area contributed by atoms with Gasteiger partial charge in [-0.2, -0.15) is 10.1 Å². The third-order valence-electron chi connectivity index (χ3n) is 4.48. The Hall–Kier alpha value is -3.68. The Labute approximate surface area is 168 Å². The zero-order valence-electron chi connectivity index (χ0n) is 16.6. The molecule has 4 aromatic rings. The van der Waals surface area contributed by atoms with Gasteiger partial charge < -0.3 is 4.74 Å². The quantitative estimate of drug-likeness (QED) is 0.546. The van der Waals surface area contributed by atoms with Gasteiger partial charge in [-0.05, 0) is 45.0 Å². The number of fused-ring (bicyclic) bond motifs is 1. The van der Waals surface area contributed by atoms with Gasteiger partial charge in [-0.1, -0.05) is 18.2 Å². The second kappa shape index (κ2) is 7.75. The first kappa shape index (κ1) is 18.7. The molecule has 1 amide bonds. The normalized spacial score (nSPS) is 11.0. The highest BCUT2D eigenvalue weighted by Gasteiger charge is 2.12. The number of carbonyl (C=O) groups is 1. The molecule has 0 aliphatic heterocycles. The highest BCUT2D eigenvalue weighted by atomic mass is 16.5. The van der Waals surface area contributed by atoms with E-state index in [2.05, 4.69) is 20.5 Å². The summed E-state index contributed by atoms with van der Waals surface area (Å²) in [5.41, 5.74) is 4.37. The van der Waals surface area contributed by atoms with E-state index in [1.54, 1.807) is 9.20 Å². The van der Waals surface area contributed by atoms with Gasteiger partial charge in [-0.25, -0.2) is 4.52 Å². The maximum Gasteiger partial charge on any atom is 0.249 e. The van der Waals surface area contributed by atoms with Gasteiger partial charge in [0.25, 0.3) is 0 Å². The lowest BCUT2D eigenvalue weighted by Crippen LogP contribution is -2.21. The average Bonchev–Trinajstić information content (AvgIpc) is 3.23. The molecule has 0 saturated heterocycles. The molecule has 0 bridgehead atoms. The number of pyridine rings is 1. The van der Waals surface area contributed by atoms with Crippen molar-refractivity contribution >= 4 is 17.5 Å². The summed E-state index contributed by atoms with van der Waals surface area (Å²) in [7, 11) is 0. The van der Waals surface area contributed by atoms with Crippen molar-refractivity contribution < 1.29 is 9.53 Å². The average molecular weight is 390 g/mol. The molecule has 148 valence electrons. The third kappa shape index (κ3) is 3.96. The minimum atomic E-state index is -0.228. The number of carbonyl (C=O) groups excluding carboxylic acids is 1. The summed E-state index contributed by atoms with van der Waals surface area (Å²) in [6.45, 7) is 6.47. The van der Waals surface area contributed by atoms with Gasteiger partial charge in [0.1, 0.15) is 12.3 Å². The number of hydrogen-bond acceptors (Lipinski definition) is 5. The van der Waals surface area contributed by atoms with Crippen molar-refractivity contribution in [1.82, 2.24) is 24.4 Å². The van der Waals surface area contributed by atoms with E-state index < -0.39 is 0 Å². The molecular formula is C21H22N6O2. The molecule has 1 aromatic carbocycles. The number of nitrogens with zero attached hydrogens (tertiary/aromatic N) is 5. The lowest BCUT2D eigenvalue weighted by molar-refractivity contribution is -0.117. The summed E-state index contributed by atoms with van der Waals surface area (Å²) in [6, 6.07) is 13.6. The number of para-hydroxylation sites is 1. The van der Waals surface area contributed by atoms with Gasteiger partial charge in [0.05, 0.1) is 12.3 Å². The van der Waals surface area contributed by atoms with Gasteiger partial charge in [0.2, 0.25) is 11.9 Å². The Kier molecular flexibility index (Phi) is 4.99. The van der Waals surface area contributed by atoms with Crippen LogP contribution in [-0.2, 0) is 11.3 Å². The van der Waals surface area contributed by atoms with Crippen LogP contribution in [0.5, 0.6) is 5.75 Å². The van der Waals surface area contributed by atoms with E-state index in [4.69, 9.17) is 4.74 Å². The molecule has 0 atom stereocenters. The number of aromatic nitrogens is 5. The fraction of sp³-hybridized carbons (Fsp3) is 0.238. The van der Waals surface area contributed by atoms with E-state index in [0.717, 1.165) is 28.3 Å². The van der Waals surface area contributed by atoms with Crippen molar-refractivity contribution in [1.29, 1.82) is 0 Å². The first-order valence-electron chi connectivity index (χ1n) is 9.43. The molecule has 8 nitrogen and oxygen atoms in total. The largest absolute Gasteiger partial charge is 0.493 e. The van der Waals surface area contributed by atoms with E-state index in [0.29, 0.717) is 12.3 Å². The second-order valence-electron chi connectivity index (χ2n) is 6.72. The molecule has 1 N–H and O–H groups in total. The van der Waals surface area contributed by atoms with Crippen LogP contribution in [0.15, 0.2) is 48.7 Å². The fourth-order valence-corrected chi connectivity index (χ4v) is 3.22. The van der Waals surface area contributed by atoms with Gasteiger partial charge in [0, 0.05) is 23.0 Å². The lowest BCUT2D eigenvalue weighted by Gasteiger charge is -2.09. The zero-order valence-corrected chi connectivity index (χ0v) is 16.6. The van der Waals surface area contributed by atoms with Crippen LogP contribution < -0.4 is 10.1 Å². The SMILES string of the molecule is CCOc1ccccc1-c1ccc2nc(NC(=O)Cn3nc(C)cc3C)nn2c1. The van der Waals surface area contributed by atoms with Crippen LogP contribution in [0.4, 0.5) is 5.95 Å². The maximum absolute atomic E-state index is 12.3. The number of aryl methyl sites for hydroxylation is 2. The molecule has 29 heavy (non-hydrogen) atoms. The summed E-state index contributed by atoms with van der Waals surface area (Å²) in [5, 5.41) is 11.4. The Balaban J connectivity index is 1.56. The van der Waals surface area contributed by atoms with E-state index in [1.807, 2.05) is 69.4 Å².